The number of aromatic nitrogens is 3. The molecule has 1 unspecified atom stereocenters. The van der Waals surface area contributed by atoms with Crippen LogP contribution in [-0.4, -0.2) is 37.9 Å². The molecule has 1 saturated heterocycles. The molecular weight excluding hydrogens is 240 g/mol. The lowest BCUT2D eigenvalue weighted by molar-refractivity contribution is 0.0533. The molecule has 5 nitrogen and oxygen atoms in total. The molecule has 1 N–H and O–H groups in total. The average Bonchev–Trinajstić information content (AvgIpc) is 2.91. The highest BCUT2D eigenvalue weighted by Gasteiger charge is 2.37. The van der Waals surface area contributed by atoms with Gasteiger partial charge in [0.05, 0.1) is 17.3 Å². The SMILES string of the molecule is Cc1cc2c(N3CCCC3C(C)(C)O)nccn2n1. The molecule has 0 aromatic carbocycles. The molecule has 0 saturated carbocycles. The van der Waals surface area contributed by atoms with Crippen LogP contribution < -0.4 is 4.90 Å². The van der Waals surface area contributed by atoms with Gasteiger partial charge in [-0.25, -0.2) is 9.50 Å². The van der Waals surface area contributed by atoms with Crippen molar-refractivity contribution in [1.29, 1.82) is 0 Å². The van der Waals surface area contributed by atoms with E-state index in [1.54, 1.807) is 6.20 Å². The van der Waals surface area contributed by atoms with Crippen LogP contribution in [0.2, 0.25) is 0 Å². The number of rotatable bonds is 2. The molecule has 2 aromatic heterocycles. The third-order valence-corrected chi connectivity index (χ3v) is 3.83. The molecular formula is C14H20N4O. The van der Waals surface area contributed by atoms with Gasteiger partial charge in [-0.2, -0.15) is 5.10 Å². The fourth-order valence-electron chi connectivity index (χ4n) is 3.01. The summed E-state index contributed by atoms with van der Waals surface area (Å²) in [4.78, 5) is 6.74. The fraction of sp³-hybridized carbons (Fsp3) is 0.571. The lowest BCUT2D eigenvalue weighted by Gasteiger charge is -2.34. The Bertz CT molecular complexity index is 599. The van der Waals surface area contributed by atoms with Crippen molar-refractivity contribution in [3.63, 3.8) is 0 Å². The van der Waals surface area contributed by atoms with Crippen LogP contribution in [0.1, 0.15) is 32.4 Å². The second-order valence-corrected chi connectivity index (χ2v) is 5.87. The van der Waals surface area contributed by atoms with E-state index in [1.165, 1.54) is 0 Å². The number of anilines is 1. The first kappa shape index (κ1) is 12.4. The molecule has 0 spiro atoms. The molecule has 102 valence electrons. The summed E-state index contributed by atoms with van der Waals surface area (Å²) in [6.07, 6.45) is 5.72. The topological polar surface area (TPSA) is 53.7 Å². The van der Waals surface area contributed by atoms with Gasteiger partial charge < -0.3 is 10.0 Å². The predicted octanol–water partition coefficient (Wildman–Crippen LogP) is 1.78. The molecule has 5 heteroatoms. The second kappa shape index (κ2) is 4.20. The summed E-state index contributed by atoms with van der Waals surface area (Å²) in [6, 6.07) is 2.16. The summed E-state index contributed by atoms with van der Waals surface area (Å²) in [6.45, 7) is 6.66. The Labute approximate surface area is 112 Å². The molecule has 0 bridgehead atoms. The summed E-state index contributed by atoms with van der Waals surface area (Å²) in [7, 11) is 0. The van der Waals surface area contributed by atoms with Crippen LogP contribution in [0, 0.1) is 6.92 Å². The molecule has 19 heavy (non-hydrogen) atoms. The van der Waals surface area contributed by atoms with E-state index >= 15 is 0 Å². The molecule has 3 heterocycles. The number of aryl methyl sites for hydroxylation is 1. The van der Waals surface area contributed by atoms with Crippen LogP contribution in [0.3, 0.4) is 0 Å². The summed E-state index contributed by atoms with van der Waals surface area (Å²) >= 11 is 0. The summed E-state index contributed by atoms with van der Waals surface area (Å²) in [5.41, 5.74) is 1.27. The molecule has 3 rings (SSSR count). The Morgan fingerprint density at radius 3 is 2.95 bits per heavy atom. The van der Waals surface area contributed by atoms with Gasteiger partial charge in [0.2, 0.25) is 0 Å². The summed E-state index contributed by atoms with van der Waals surface area (Å²) in [5.74, 6) is 0.924. The molecule has 1 aliphatic heterocycles. The highest BCUT2D eigenvalue weighted by Crippen LogP contribution is 2.32. The van der Waals surface area contributed by atoms with Crippen LogP contribution in [0.25, 0.3) is 5.52 Å². The minimum absolute atomic E-state index is 0.112. The first-order valence-electron chi connectivity index (χ1n) is 6.77. The predicted molar refractivity (Wildman–Crippen MR) is 74.4 cm³/mol. The zero-order valence-corrected chi connectivity index (χ0v) is 11.7. The standard InChI is InChI=1S/C14H20N4O/c1-10-9-11-13(15-6-8-18(11)16-10)17-7-4-5-12(17)14(2,3)19/h6,8-9,12,19H,4-5,7H2,1-3H3. The smallest absolute Gasteiger partial charge is 0.155 e. The molecule has 1 atom stereocenters. The maximum atomic E-state index is 10.3. The molecule has 0 aliphatic carbocycles. The first-order chi connectivity index (χ1) is 8.97. The zero-order valence-electron chi connectivity index (χ0n) is 11.7. The lowest BCUT2D eigenvalue weighted by Crippen LogP contribution is -2.46. The van der Waals surface area contributed by atoms with Crippen LogP contribution in [0.15, 0.2) is 18.5 Å². The van der Waals surface area contributed by atoms with E-state index in [-0.39, 0.29) is 6.04 Å². The number of aliphatic hydroxyl groups is 1. The largest absolute Gasteiger partial charge is 0.388 e. The summed E-state index contributed by atoms with van der Waals surface area (Å²) < 4.78 is 1.86. The van der Waals surface area contributed by atoms with Gasteiger partial charge in [0.1, 0.15) is 5.52 Å². The molecule has 2 aromatic rings. The van der Waals surface area contributed by atoms with E-state index < -0.39 is 5.60 Å². The van der Waals surface area contributed by atoms with Gasteiger partial charge in [-0.3, -0.25) is 0 Å². The van der Waals surface area contributed by atoms with Crippen molar-refractivity contribution < 1.29 is 5.11 Å². The highest BCUT2D eigenvalue weighted by atomic mass is 16.3. The van der Waals surface area contributed by atoms with Crippen molar-refractivity contribution in [1.82, 2.24) is 14.6 Å². The molecule has 0 amide bonds. The van der Waals surface area contributed by atoms with E-state index in [0.717, 1.165) is 36.4 Å². The fourth-order valence-corrected chi connectivity index (χ4v) is 3.01. The maximum absolute atomic E-state index is 10.3. The van der Waals surface area contributed by atoms with Crippen LogP contribution in [0.4, 0.5) is 5.82 Å². The van der Waals surface area contributed by atoms with Crippen molar-refractivity contribution in [2.75, 3.05) is 11.4 Å². The van der Waals surface area contributed by atoms with Gasteiger partial charge in [0.15, 0.2) is 5.82 Å². The minimum atomic E-state index is -0.722. The van der Waals surface area contributed by atoms with Crippen molar-refractivity contribution >= 4 is 11.3 Å². The van der Waals surface area contributed by atoms with Crippen molar-refractivity contribution in [2.45, 2.75) is 45.3 Å². The van der Waals surface area contributed by atoms with Gasteiger partial charge in [0, 0.05) is 18.9 Å². The van der Waals surface area contributed by atoms with Gasteiger partial charge in [0.25, 0.3) is 0 Å². The van der Waals surface area contributed by atoms with E-state index in [9.17, 15) is 5.11 Å². The number of hydrogen-bond acceptors (Lipinski definition) is 4. The Morgan fingerprint density at radius 2 is 2.21 bits per heavy atom. The van der Waals surface area contributed by atoms with E-state index in [2.05, 4.69) is 15.0 Å². The Kier molecular flexibility index (Phi) is 2.74. The van der Waals surface area contributed by atoms with E-state index in [4.69, 9.17) is 0 Å². The lowest BCUT2D eigenvalue weighted by atomic mass is 9.96. The quantitative estimate of drug-likeness (QED) is 0.894. The van der Waals surface area contributed by atoms with Gasteiger partial charge in [-0.05, 0) is 39.7 Å². The van der Waals surface area contributed by atoms with Crippen molar-refractivity contribution in [2.24, 2.45) is 0 Å². The van der Waals surface area contributed by atoms with Crippen molar-refractivity contribution in [3.8, 4) is 0 Å². The third kappa shape index (κ3) is 2.08. The van der Waals surface area contributed by atoms with Crippen LogP contribution in [-0.2, 0) is 0 Å². The zero-order chi connectivity index (χ0) is 13.6. The highest BCUT2D eigenvalue weighted by molar-refractivity contribution is 5.70. The van der Waals surface area contributed by atoms with E-state index in [1.807, 2.05) is 37.5 Å². The van der Waals surface area contributed by atoms with Gasteiger partial charge in [-0.15, -0.1) is 0 Å². The normalized spacial score (nSPS) is 20.4. The molecule has 0 radical (unpaired) electrons. The molecule has 1 aliphatic rings. The Morgan fingerprint density at radius 1 is 1.42 bits per heavy atom. The van der Waals surface area contributed by atoms with Crippen LogP contribution >= 0.6 is 0 Å². The monoisotopic (exact) mass is 260 g/mol. The average molecular weight is 260 g/mol. The Balaban J connectivity index is 2.08. The van der Waals surface area contributed by atoms with Crippen molar-refractivity contribution in [3.05, 3.63) is 24.2 Å². The van der Waals surface area contributed by atoms with Gasteiger partial charge >= 0.3 is 0 Å². The third-order valence-electron chi connectivity index (χ3n) is 3.83. The number of fused-ring (bicyclic) bond motifs is 1. The molecule has 1 fully saturated rings. The number of nitrogens with zero attached hydrogens (tertiary/aromatic N) is 4. The summed E-state index contributed by atoms with van der Waals surface area (Å²) in [5, 5.41) is 14.8. The second-order valence-electron chi connectivity index (χ2n) is 5.87. The number of hydrogen-bond donors (Lipinski definition) is 1. The van der Waals surface area contributed by atoms with E-state index in [0.29, 0.717) is 0 Å². The first-order valence-corrected chi connectivity index (χ1v) is 6.77. The minimum Gasteiger partial charge on any atom is -0.388 e. The maximum Gasteiger partial charge on any atom is 0.155 e. The Hall–Kier alpha value is -1.62. The van der Waals surface area contributed by atoms with Crippen LogP contribution in [0.5, 0.6) is 0 Å². The van der Waals surface area contributed by atoms with Gasteiger partial charge in [-0.1, -0.05) is 0 Å².